The molecule has 1 aromatic rings. The van der Waals surface area contributed by atoms with E-state index < -0.39 is 0 Å². The normalized spacial score (nSPS) is 15.8. The second-order valence-corrected chi connectivity index (χ2v) is 4.71. The highest BCUT2D eigenvalue weighted by Crippen LogP contribution is 2.10. The van der Waals surface area contributed by atoms with E-state index in [1.165, 1.54) is 5.69 Å². The highest BCUT2D eigenvalue weighted by Gasteiger charge is 2.16. The largest absolute Gasteiger partial charge is 0.311 e. The summed E-state index contributed by atoms with van der Waals surface area (Å²) in [6.45, 7) is 8.30. The number of rotatable bonds is 4. The Morgan fingerprint density at radius 1 is 1.50 bits per heavy atom. The van der Waals surface area contributed by atoms with E-state index in [2.05, 4.69) is 46.1 Å². The van der Waals surface area contributed by atoms with E-state index in [-0.39, 0.29) is 0 Å². The average Bonchev–Trinajstić information content (AvgIpc) is 2.69. The van der Waals surface area contributed by atoms with Crippen molar-refractivity contribution >= 4 is 0 Å². The SMILES string of the molecule is CC(C)N(C)CCn1nnc2c1CCNC2. The summed E-state index contributed by atoms with van der Waals surface area (Å²) in [6.07, 6.45) is 1.05. The van der Waals surface area contributed by atoms with E-state index in [9.17, 15) is 0 Å². The fraction of sp³-hybridized carbons (Fsp3) is 0.818. The number of nitrogens with one attached hydrogen (secondary N) is 1. The highest BCUT2D eigenvalue weighted by atomic mass is 15.4. The topological polar surface area (TPSA) is 46.0 Å². The molecule has 0 saturated heterocycles. The maximum Gasteiger partial charge on any atom is 0.0997 e. The van der Waals surface area contributed by atoms with Gasteiger partial charge in [-0.1, -0.05) is 5.21 Å². The molecule has 16 heavy (non-hydrogen) atoms. The Balaban J connectivity index is 1.97. The van der Waals surface area contributed by atoms with E-state index >= 15 is 0 Å². The molecule has 0 aromatic carbocycles. The standard InChI is InChI=1S/C11H21N5/c1-9(2)15(3)6-7-16-11-4-5-12-8-10(11)13-14-16/h9,12H,4-8H2,1-3H3. The minimum Gasteiger partial charge on any atom is -0.311 e. The third-order valence-corrected chi connectivity index (χ3v) is 3.30. The molecule has 2 rings (SSSR count). The van der Waals surface area contributed by atoms with Crippen LogP contribution in [0.3, 0.4) is 0 Å². The van der Waals surface area contributed by atoms with Gasteiger partial charge in [-0.15, -0.1) is 5.10 Å². The van der Waals surface area contributed by atoms with Gasteiger partial charge in [0.05, 0.1) is 17.9 Å². The number of likely N-dealkylation sites (N-methyl/N-ethyl adjacent to an activating group) is 1. The summed E-state index contributed by atoms with van der Waals surface area (Å²) in [5.74, 6) is 0. The summed E-state index contributed by atoms with van der Waals surface area (Å²) in [5, 5.41) is 11.8. The van der Waals surface area contributed by atoms with Gasteiger partial charge < -0.3 is 10.2 Å². The van der Waals surface area contributed by atoms with E-state index in [4.69, 9.17) is 0 Å². The third kappa shape index (κ3) is 2.41. The lowest BCUT2D eigenvalue weighted by Gasteiger charge is -2.21. The summed E-state index contributed by atoms with van der Waals surface area (Å²) in [4.78, 5) is 2.33. The maximum absolute atomic E-state index is 4.23. The minimum atomic E-state index is 0.584. The van der Waals surface area contributed by atoms with Crippen LogP contribution in [0.2, 0.25) is 0 Å². The molecule has 1 aromatic heterocycles. The fourth-order valence-electron chi connectivity index (χ4n) is 1.88. The van der Waals surface area contributed by atoms with Crippen LogP contribution in [0.15, 0.2) is 0 Å². The second kappa shape index (κ2) is 4.93. The van der Waals surface area contributed by atoms with Crippen molar-refractivity contribution in [3.05, 3.63) is 11.4 Å². The Labute approximate surface area is 96.8 Å². The molecule has 1 N–H and O–H groups in total. The maximum atomic E-state index is 4.23. The van der Waals surface area contributed by atoms with Crippen LogP contribution in [0, 0.1) is 0 Å². The zero-order chi connectivity index (χ0) is 11.5. The van der Waals surface area contributed by atoms with Gasteiger partial charge in [-0.25, -0.2) is 4.68 Å². The average molecular weight is 223 g/mol. The number of fused-ring (bicyclic) bond motifs is 1. The molecule has 2 heterocycles. The first-order valence-electron chi connectivity index (χ1n) is 6.00. The Kier molecular flexibility index (Phi) is 3.56. The van der Waals surface area contributed by atoms with Crippen LogP contribution in [-0.4, -0.2) is 46.1 Å². The Bertz CT molecular complexity index is 344. The van der Waals surface area contributed by atoms with Crippen molar-refractivity contribution in [3.8, 4) is 0 Å². The first-order chi connectivity index (χ1) is 7.68. The first-order valence-corrected chi connectivity index (χ1v) is 6.00. The summed E-state index contributed by atoms with van der Waals surface area (Å²) in [5.41, 5.74) is 2.44. The van der Waals surface area contributed by atoms with Crippen LogP contribution in [-0.2, 0) is 19.5 Å². The molecule has 5 nitrogen and oxygen atoms in total. The molecular weight excluding hydrogens is 202 g/mol. The summed E-state index contributed by atoms with van der Waals surface area (Å²) >= 11 is 0. The quantitative estimate of drug-likeness (QED) is 0.795. The van der Waals surface area contributed by atoms with E-state index in [0.29, 0.717) is 6.04 Å². The van der Waals surface area contributed by atoms with E-state index in [1.54, 1.807) is 0 Å². The molecule has 5 heteroatoms. The van der Waals surface area contributed by atoms with Gasteiger partial charge in [0.2, 0.25) is 0 Å². The van der Waals surface area contributed by atoms with Crippen LogP contribution in [0.1, 0.15) is 25.2 Å². The van der Waals surface area contributed by atoms with Crippen molar-refractivity contribution in [2.45, 2.75) is 39.4 Å². The monoisotopic (exact) mass is 223 g/mol. The van der Waals surface area contributed by atoms with Crippen molar-refractivity contribution in [1.82, 2.24) is 25.2 Å². The molecule has 90 valence electrons. The lowest BCUT2D eigenvalue weighted by atomic mass is 10.2. The van der Waals surface area contributed by atoms with Gasteiger partial charge in [0.15, 0.2) is 0 Å². The van der Waals surface area contributed by atoms with Crippen LogP contribution >= 0.6 is 0 Å². The molecule has 0 radical (unpaired) electrons. The molecular formula is C11H21N5. The zero-order valence-electron chi connectivity index (χ0n) is 10.4. The lowest BCUT2D eigenvalue weighted by Crippen LogP contribution is -2.31. The summed E-state index contributed by atoms with van der Waals surface area (Å²) in [6, 6.07) is 0.584. The number of hydrogen-bond acceptors (Lipinski definition) is 4. The molecule has 0 bridgehead atoms. The van der Waals surface area contributed by atoms with Gasteiger partial charge in [0.25, 0.3) is 0 Å². The van der Waals surface area contributed by atoms with Crippen LogP contribution in [0.4, 0.5) is 0 Å². The predicted octanol–water partition coefficient (Wildman–Crippen LogP) is 0.264. The van der Waals surface area contributed by atoms with Crippen molar-refractivity contribution in [2.24, 2.45) is 0 Å². The van der Waals surface area contributed by atoms with Gasteiger partial charge in [-0.3, -0.25) is 0 Å². The molecule has 0 atom stereocenters. The fourth-order valence-corrected chi connectivity index (χ4v) is 1.88. The molecule has 0 aliphatic carbocycles. The van der Waals surface area contributed by atoms with Crippen molar-refractivity contribution in [2.75, 3.05) is 20.1 Å². The Hall–Kier alpha value is -0.940. The smallest absolute Gasteiger partial charge is 0.0997 e. The van der Waals surface area contributed by atoms with Gasteiger partial charge in [-0.05, 0) is 20.9 Å². The molecule has 1 aliphatic heterocycles. The first kappa shape index (κ1) is 11.5. The van der Waals surface area contributed by atoms with E-state index in [1.807, 2.05) is 0 Å². The Morgan fingerprint density at radius 2 is 2.31 bits per heavy atom. The van der Waals surface area contributed by atoms with Crippen LogP contribution in [0.5, 0.6) is 0 Å². The summed E-state index contributed by atoms with van der Waals surface area (Å²) < 4.78 is 2.06. The lowest BCUT2D eigenvalue weighted by molar-refractivity contribution is 0.256. The van der Waals surface area contributed by atoms with Gasteiger partial charge in [-0.2, -0.15) is 0 Å². The van der Waals surface area contributed by atoms with Gasteiger partial charge in [0, 0.05) is 32.1 Å². The number of nitrogens with zero attached hydrogens (tertiary/aromatic N) is 4. The number of aromatic nitrogens is 3. The highest BCUT2D eigenvalue weighted by molar-refractivity contribution is 5.13. The Morgan fingerprint density at radius 3 is 3.06 bits per heavy atom. The molecule has 0 amide bonds. The van der Waals surface area contributed by atoms with Crippen molar-refractivity contribution in [1.29, 1.82) is 0 Å². The van der Waals surface area contributed by atoms with Crippen LogP contribution in [0.25, 0.3) is 0 Å². The van der Waals surface area contributed by atoms with Crippen molar-refractivity contribution in [3.63, 3.8) is 0 Å². The molecule has 0 saturated carbocycles. The van der Waals surface area contributed by atoms with E-state index in [0.717, 1.165) is 38.3 Å². The molecule has 0 fully saturated rings. The second-order valence-electron chi connectivity index (χ2n) is 4.71. The zero-order valence-corrected chi connectivity index (χ0v) is 10.4. The van der Waals surface area contributed by atoms with Crippen LogP contribution < -0.4 is 5.32 Å². The minimum absolute atomic E-state index is 0.584. The third-order valence-electron chi connectivity index (χ3n) is 3.30. The van der Waals surface area contributed by atoms with Crippen molar-refractivity contribution < 1.29 is 0 Å². The molecule has 1 aliphatic rings. The predicted molar refractivity (Wildman–Crippen MR) is 63.2 cm³/mol. The van der Waals surface area contributed by atoms with Gasteiger partial charge >= 0.3 is 0 Å². The number of hydrogen-bond donors (Lipinski definition) is 1. The molecule has 0 unspecified atom stereocenters. The summed E-state index contributed by atoms with van der Waals surface area (Å²) in [7, 11) is 2.15. The molecule has 0 spiro atoms. The van der Waals surface area contributed by atoms with Gasteiger partial charge in [0.1, 0.15) is 0 Å².